The lowest BCUT2D eigenvalue weighted by atomic mass is 9.91. The fourth-order valence-corrected chi connectivity index (χ4v) is 3.20. The molecule has 1 N–H and O–H groups in total. The summed E-state index contributed by atoms with van der Waals surface area (Å²) in [6.07, 6.45) is 5.12. The Morgan fingerprint density at radius 3 is 2.91 bits per heavy atom. The molecule has 2 aromatic rings. The van der Waals surface area contributed by atoms with Gasteiger partial charge in [0.1, 0.15) is 17.3 Å². The number of hydrogen-bond donors (Lipinski definition) is 1. The summed E-state index contributed by atoms with van der Waals surface area (Å²) in [5.74, 6) is -0.661. The SMILES string of the molecule is O=C(c1ccc[nH]1)N1CCC[C@@H](CCc2ccc(F)cc2F)C1. The monoisotopic (exact) mass is 318 g/mol. The molecule has 1 aliphatic heterocycles. The molecule has 0 radical (unpaired) electrons. The van der Waals surface area contributed by atoms with Crippen LogP contribution in [0.3, 0.4) is 0 Å². The zero-order valence-corrected chi connectivity index (χ0v) is 12.9. The molecule has 1 fully saturated rings. The smallest absolute Gasteiger partial charge is 0.270 e. The van der Waals surface area contributed by atoms with Crippen LogP contribution in [0.4, 0.5) is 8.78 Å². The molecule has 1 aromatic carbocycles. The highest BCUT2D eigenvalue weighted by molar-refractivity contribution is 5.92. The van der Waals surface area contributed by atoms with Crippen LogP contribution in [0.15, 0.2) is 36.5 Å². The molecule has 122 valence electrons. The first-order chi connectivity index (χ1) is 11.1. The minimum absolute atomic E-state index is 0.0210. The van der Waals surface area contributed by atoms with E-state index in [1.807, 2.05) is 11.0 Å². The number of aromatic amines is 1. The third-order valence-corrected chi connectivity index (χ3v) is 4.47. The van der Waals surface area contributed by atoms with Gasteiger partial charge in [-0.1, -0.05) is 6.07 Å². The normalized spacial score (nSPS) is 18.2. The van der Waals surface area contributed by atoms with Crippen molar-refractivity contribution in [2.24, 2.45) is 5.92 Å². The van der Waals surface area contributed by atoms with Crippen LogP contribution in [-0.4, -0.2) is 28.9 Å². The summed E-state index contributed by atoms with van der Waals surface area (Å²) in [5, 5.41) is 0. The number of aromatic nitrogens is 1. The summed E-state index contributed by atoms with van der Waals surface area (Å²) in [4.78, 5) is 17.2. The summed E-state index contributed by atoms with van der Waals surface area (Å²) in [6.45, 7) is 1.46. The van der Waals surface area contributed by atoms with Gasteiger partial charge in [-0.25, -0.2) is 8.78 Å². The summed E-state index contributed by atoms with van der Waals surface area (Å²) >= 11 is 0. The molecule has 1 aromatic heterocycles. The van der Waals surface area contributed by atoms with E-state index in [-0.39, 0.29) is 5.91 Å². The molecule has 0 bridgehead atoms. The van der Waals surface area contributed by atoms with Crippen LogP contribution < -0.4 is 0 Å². The fraction of sp³-hybridized carbons (Fsp3) is 0.389. The van der Waals surface area contributed by atoms with E-state index in [1.165, 1.54) is 12.1 Å². The molecule has 3 rings (SSSR count). The Bertz CT molecular complexity index is 670. The summed E-state index contributed by atoms with van der Waals surface area (Å²) in [5.41, 5.74) is 1.15. The van der Waals surface area contributed by atoms with Crippen molar-refractivity contribution in [3.8, 4) is 0 Å². The molecule has 0 aliphatic carbocycles. The number of benzene rings is 1. The maximum Gasteiger partial charge on any atom is 0.270 e. The second-order valence-corrected chi connectivity index (χ2v) is 6.12. The van der Waals surface area contributed by atoms with Crippen molar-refractivity contribution in [3.63, 3.8) is 0 Å². The van der Waals surface area contributed by atoms with Crippen molar-refractivity contribution in [1.29, 1.82) is 0 Å². The minimum atomic E-state index is -0.549. The maximum absolute atomic E-state index is 13.7. The first-order valence-electron chi connectivity index (χ1n) is 8.00. The van der Waals surface area contributed by atoms with E-state index in [1.54, 1.807) is 12.3 Å². The maximum atomic E-state index is 13.7. The van der Waals surface area contributed by atoms with Crippen LogP contribution in [0.1, 0.15) is 35.3 Å². The van der Waals surface area contributed by atoms with Crippen LogP contribution in [0.5, 0.6) is 0 Å². The first kappa shape index (κ1) is 15.7. The molecule has 1 atom stereocenters. The van der Waals surface area contributed by atoms with Gasteiger partial charge in [-0.05, 0) is 55.4 Å². The highest BCUT2D eigenvalue weighted by atomic mass is 19.1. The van der Waals surface area contributed by atoms with Crippen LogP contribution in [0.25, 0.3) is 0 Å². The van der Waals surface area contributed by atoms with Crippen molar-refractivity contribution >= 4 is 5.91 Å². The number of nitrogens with one attached hydrogen (secondary N) is 1. The third kappa shape index (κ3) is 3.78. The molecule has 0 saturated carbocycles. The lowest BCUT2D eigenvalue weighted by Gasteiger charge is -2.32. The largest absolute Gasteiger partial charge is 0.357 e. The Morgan fingerprint density at radius 2 is 2.17 bits per heavy atom. The van der Waals surface area contributed by atoms with Gasteiger partial charge in [0.05, 0.1) is 0 Å². The number of carbonyl (C=O) groups is 1. The van der Waals surface area contributed by atoms with Gasteiger partial charge in [-0.15, -0.1) is 0 Å². The van der Waals surface area contributed by atoms with Crippen molar-refractivity contribution in [2.75, 3.05) is 13.1 Å². The predicted octanol–water partition coefficient (Wildman–Crippen LogP) is 3.78. The van der Waals surface area contributed by atoms with Crippen molar-refractivity contribution in [2.45, 2.75) is 25.7 Å². The van der Waals surface area contributed by atoms with E-state index >= 15 is 0 Å². The lowest BCUT2D eigenvalue weighted by Crippen LogP contribution is -2.40. The van der Waals surface area contributed by atoms with Gasteiger partial charge in [0, 0.05) is 25.4 Å². The molecular weight excluding hydrogens is 298 g/mol. The van der Waals surface area contributed by atoms with Gasteiger partial charge in [0.15, 0.2) is 0 Å². The number of carbonyl (C=O) groups excluding carboxylic acids is 1. The Kier molecular flexibility index (Phi) is 4.74. The van der Waals surface area contributed by atoms with Gasteiger partial charge in [-0.3, -0.25) is 4.79 Å². The van der Waals surface area contributed by atoms with Gasteiger partial charge in [0.2, 0.25) is 0 Å². The average molecular weight is 318 g/mol. The number of rotatable bonds is 4. The molecule has 2 heterocycles. The van der Waals surface area contributed by atoms with Crippen molar-refractivity contribution in [3.05, 3.63) is 59.4 Å². The third-order valence-electron chi connectivity index (χ3n) is 4.47. The van der Waals surface area contributed by atoms with Crippen LogP contribution in [0, 0.1) is 17.6 Å². The summed E-state index contributed by atoms with van der Waals surface area (Å²) in [6, 6.07) is 7.32. The molecule has 1 saturated heterocycles. The number of hydrogen-bond acceptors (Lipinski definition) is 1. The van der Waals surface area contributed by atoms with E-state index in [2.05, 4.69) is 4.98 Å². The Balaban J connectivity index is 1.57. The average Bonchev–Trinajstić information content (AvgIpc) is 3.08. The molecule has 3 nitrogen and oxygen atoms in total. The summed E-state index contributed by atoms with van der Waals surface area (Å²) < 4.78 is 26.6. The van der Waals surface area contributed by atoms with Crippen LogP contribution in [-0.2, 0) is 6.42 Å². The molecular formula is C18H20F2N2O. The highest BCUT2D eigenvalue weighted by Crippen LogP contribution is 2.23. The molecule has 0 spiro atoms. The van der Waals surface area contributed by atoms with Gasteiger partial charge in [0.25, 0.3) is 5.91 Å². The quantitative estimate of drug-likeness (QED) is 0.915. The van der Waals surface area contributed by atoms with E-state index in [0.717, 1.165) is 31.9 Å². The van der Waals surface area contributed by atoms with Gasteiger partial charge < -0.3 is 9.88 Å². The standard InChI is InChI=1S/C18H20F2N2O/c19-15-8-7-14(16(20)11-15)6-5-13-3-2-10-22(12-13)18(23)17-4-1-9-21-17/h1,4,7-9,11,13,21H,2-3,5-6,10,12H2/t13-/m0/s1. The Hall–Kier alpha value is -2.17. The second kappa shape index (κ2) is 6.94. The molecule has 5 heteroatoms. The lowest BCUT2D eigenvalue weighted by molar-refractivity contribution is 0.0663. The number of piperidine rings is 1. The van der Waals surface area contributed by atoms with E-state index in [0.29, 0.717) is 30.1 Å². The fourth-order valence-electron chi connectivity index (χ4n) is 3.20. The predicted molar refractivity (Wildman–Crippen MR) is 84.1 cm³/mol. The molecule has 23 heavy (non-hydrogen) atoms. The minimum Gasteiger partial charge on any atom is -0.357 e. The van der Waals surface area contributed by atoms with E-state index in [9.17, 15) is 13.6 Å². The van der Waals surface area contributed by atoms with Crippen LogP contribution in [0.2, 0.25) is 0 Å². The van der Waals surface area contributed by atoms with Gasteiger partial charge in [-0.2, -0.15) is 0 Å². The Labute approximate surface area is 134 Å². The van der Waals surface area contributed by atoms with E-state index in [4.69, 9.17) is 0 Å². The van der Waals surface area contributed by atoms with E-state index < -0.39 is 11.6 Å². The number of amides is 1. The summed E-state index contributed by atoms with van der Waals surface area (Å²) in [7, 11) is 0. The molecule has 1 amide bonds. The molecule has 1 aliphatic rings. The van der Waals surface area contributed by atoms with Crippen LogP contribution >= 0.6 is 0 Å². The van der Waals surface area contributed by atoms with Crippen molar-refractivity contribution in [1.82, 2.24) is 9.88 Å². The first-order valence-corrected chi connectivity index (χ1v) is 8.00. The number of nitrogens with zero attached hydrogens (tertiary/aromatic N) is 1. The number of H-pyrrole nitrogens is 1. The highest BCUT2D eigenvalue weighted by Gasteiger charge is 2.24. The number of aryl methyl sites for hydroxylation is 1. The Morgan fingerprint density at radius 1 is 1.30 bits per heavy atom. The second-order valence-electron chi connectivity index (χ2n) is 6.12. The molecule has 0 unspecified atom stereocenters. The zero-order valence-electron chi connectivity index (χ0n) is 12.9. The number of halogens is 2. The number of likely N-dealkylation sites (tertiary alicyclic amines) is 1. The van der Waals surface area contributed by atoms with Crippen molar-refractivity contribution < 1.29 is 13.6 Å². The zero-order chi connectivity index (χ0) is 16.2. The van der Waals surface area contributed by atoms with Gasteiger partial charge >= 0.3 is 0 Å². The topological polar surface area (TPSA) is 36.1 Å².